The minimum Gasteiger partial charge on any atom is -0.490 e. The van der Waals surface area contributed by atoms with Gasteiger partial charge >= 0.3 is 5.97 Å². The van der Waals surface area contributed by atoms with Gasteiger partial charge in [0, 0.05) is 12.1 Å². The standard InChI is InChI=1S/C19H20Cl2N2O4/c20-14-9-12(11-16(22)19(25)26)10-15(21)17(14)27-8-4-7-23-18(24)13-5-2-1-3-6-13/h1-3,5-6,9-10,16H,4,7-8,11,22H2,(H,23,24)(H,25,26)/t16-/m0/s1. The van der Waals surface area contributed by atoms with Crippen LogP contribution in [-0.2, 0) is 11.2 Å². The summed E-state index contributed by atoms with van der Waals surface area (Å²) in [5, 5.41) is 12.2. The molecule has 0 saturated heterocycles. The molecule has 0 spiro atoms. The van der Waals surface area contributed by atoms with Crippen molar-refractivity contribution in [3.05, 3.63) is 63.6 Å². The minimum atomic E-state index is -1.10. The van der Waals surface area contributed by atoms with E-state index in [2.05, 4.69) is 5.32 Å². The molecular weight excluding hydrogens is 391 g/mol. The van der Waals surface area contributed by atoms with Crippen LogP contribution in [0, 0.1) is 0 Å². The number of carboxylic acids is 1. The predicted octanol–water partition coefficient (Wildman–Crippen LogP) is 3.15. The number of benzene rings is 2. The summed E-state index contributed by atoms with van der Waals surface area (Å²) in [6, 6.07) is 11.1. The molecule has 0 bridgehead atoms. The van der Waals surface area contributed by atoms with Crippen molar-refractivity contribution in [3.8, 4) is 5.75 Å². The Morgan fingerprint density at radius 3 is 2.37 bits per heavy atom. The first-order valence-electron chi connectivity index (χ1n) is 8.31. The molecule has 4 N–H and O–H groups in total. The highest BCUT2D eigenvalue weighted by molar-refractivity contribution is 6.37. The zero-order chi connectivity index (χ0) is 19.8. The Kier molecular flexibility index (Phi) is 7.91. The maximum atomic E-state index is 11.9. The summed E-state index contributed by atoms with van der Waals surface area (Å²) < 4.78 is 5.60. The number of ether oxygens (including phenoxy) is 1. The van der Waals surface area contributed by atoms with E-state index in [-0.39, 0.29) is 22.4 Å². The van der Waals surface area contributed by atoms with Gasteiger partial charge in [0.1, 0.15) is 6.04 Å². The average Bonchev–Trinajstić information content (AvgIpc) is 2.63. The third kappa shape index (κ3) is 6.43. The number of aliphatic carboxylic acids is 1. The molecular formula is C19H20Cl2N2O4. The number of nitrogens with one attached hydrogen (secondary N) is 1. The van der Waals surface area contributed by atoms with Gasteiger partial charge in [-0.3, -0.25) is 9.59 Å². The van der Waals surface area contributed by atoms with Crippen LogP contribution in [0.25, 0.3) is 0 Å². The monoisotopic (exact) mass is 410 g/mol. The third-order valence-corrected chi connectivity index (χ3v) is 4.28. The van der Waals surface area contributed by atoms with Crippen molar-refractivity contribution in [2.24, 2.45) is 5.73 Å². The van der Waals surface area contributed by atoms with Crippen molar-refractivity contribution < 1.29 is 19.4 Å². The van der Waals surface area contributed by atoms with Crippen molar-refractivity contribution in [1.82, 2.24) is 5.32 Å². The van der Waals surface area contributed by atoms with E-state index < -0.39 is 12.0 Å². The summed E-state index contributed by atoms with van der Waals surface area (Å²) in [7, 11) is 0. The fraction of sp³-hybridized carbons (Fsp3) is 0.263. The number of nitrogens with two attached hydrogens (primary N) is 1. The van der Waals surface area contributed by atoms with Crippen molar-refractivity contribution in [2.75, 3.05) is 13.2 Å². The average molecular weight is 411 g/mol. The maximum Gasteiger partial charge on any atom is 0.320 e. The predicted molar refractivity (Wildman–Crippen MR) is 105 cm³/mol. The van der Waals surface area contributed by atoms with E-state index in [1.165, 1.54) is 0 Å². The van der Waals surface area contributed by atoms with Crippen LogP contribution >= 0.6 is 23.2 Å². The summed E-state index contributed by atoms with van der Waals surface area (Å²) >= 11 is 12.3. The van der Waals surface area contributed by atoms with Gasteiger partial charge in [-0.2, -0.15) is 0 Å². The number of carbonyl (C=O) groups excluding carboxylic acids is 1. The Hall–Kier alpha value is -2.28. The first-order valence-corrected chi connectivity index (χ1v) is 9.06. The van der Waals surface area contributed by atoms with E-state index in [0.29, 0.717) is 36.4 Å². The Labute approximate surface area is 167 Å². The Balaban J connectivity index is 1.82. The lowest BCUT2D eigenvalue weighted by Crippen LogP contribution is -2.32. The van der Waals surface area contributed by atoms with E-state index >= 15 is 0 Å². The molecule has 6 nitrogen and oxygen atoms in total. The second-order valence-electron chi connectivity index (χ2n) is 5.86. The number of amides is 1. The molecule has 0 unspecified atom stereocenters. The molecule has 8 heteroatoms. The highest BCUT2D eigenvalue weighted by Gasteiger charge is 2.16. The summed E-state index contributed by atoms with van der Waals surface area (Å²) in [6.07, 6.45) is 0.678. The number of halogens is 2. The van der Waals surface area contributed by atoms with Gasteiger partial charge in [0.25, 0.3) is 5.91 Å². The zero-order valence-electron chi connectivity index (χ0n) is 14.5. The molecule has 144 valence electrons. The first-order chi connectivity index (χ1) is 12.9. The van der Waals surface area contributed by atoms with Gasteiger partial charge in [0.15, 0.2) is 5.75 Å². The SMILES string of the molecule is N[C@@H](Cc1cc(Cl)c(OCCCNC(=O)c2ccccc2)c(Cl)c1)C(=O)O. The van der Waals surface area contributed by atoms with E-state index in [1.54, 1.807) is 36.4 Å². The van der Waals surface area contributed by atoms with Crippen LogP contribution in [-0.4, -0.2) is 36.2 Å². The number of carbonyl (C=O) groups is 2. The summed E-state index contributed by atoms with van der Waals surface area (Å²) in [5.41, 5.74) is 6.73. The molecule has 0 fully saturated rings. The van der Waals surface area contributed by atoms with E-state index in [1.807, 2.05) is 6.07 Å². The molecule has 2 rings (SSSR count). The van der Waals surface area contributed by atoms with Crippen LogP contribution < -0.4 is 15.8 Å². The molecule has 0 heterocycles. The summed E-state index contributed by atoms with van der Waals surface area (Å²) in [4.78, 5) is 22.7. The Bertz CT molecular complexity index is 777. The normalized spacial score (nSPS) is 11.7. The topological polar surface area (TPSA) is 102 Å². The van der Waals surface area contributed by atoms with Crippen molar-refractivity contribution >= 4 is 35.1 Å². The van der Waals surface area contributed by atoms with Crippen LogP contribution in [0.5, 0.6) is 5.75 Å². The number of hydrogen-bond acceptors (Lipinski definition) is 4. The molecule has 27 heavy (non-hydrogen) atoms. The van der Waals surface area contributed by atoms with Gasteiger partial charge in [-0.25, -0.2) is 0 Å². The lowest BCUT2D eigenvalue weighted by Gasteiger charge is -2.13. The van der Waals surface area contributed by atoms with Gasteiger partial charge in [0.2, 0.25) is 0 Å². The lowest BCUT2D eigenvalue weighted by molar-refractivity contribution is -0.138. The molecule has 0 radical (unpaired) electrons. The first kappa shape index (κ1) is 21.0. The van der Waals surface area contributed by atoms with Crippen LogP contribution in [0.1, 0.15) is 22.3 Å². The molecule has 1 amide bonds. The van der Waals surface area contributed by atoms with Crippen molar-refractivity contribution in [3.63, 3.8) is 0 Å². The van der Waals surface area contributed by atoms with E-state index in [4.69, 9.17) is 38.8 Å². The van der Waals surface area contributed by atoms with Gasteiger partial charge in [-0.15, -0.1) is 0 Å². The zero-order valence-corrected chi connectivity index (χ0v) is 16.0. The van der Waals surface area contributed by atoms with Crippen LogP contribution in [0.3, 0.4) is 0 Å². The van der Waals surface area contributed by atoms with Gasteiger partial charge in [-0.05, 0) is 42.7 Å². The number of hydrogen-bond donors (Lipinski definition) is 3. The van der Waals surface area contributed by atoms with Crippen LogP contribution in [0.4, 0.5) is 0 Å². The summed E-state index contributed by atoms with van der Waals surface area (Å²) in [5.74, 6) is -0.925. The van der Waals surface area contributed by atoms with Crippen LogP contribution in [0.15, 0.2) is 42.5 Å². The van der Waals surface area contributed by atoms with Gasteiger partial charge in [-0.1, -0.05) is 41.4 Å². The van der Waals surface area contributed by atoms with E-state index in [0.717, 1.165) is 0 Å². The number of rotatable bonds is 9. The quantitative estimate of drug-likeness (QED) is 0.551. The summed E-state index contributed by atoms with van der Waals surface area (Å²) in [6.45, 7) is 0.747. The van der Waals surface area contributed by atoms with E-state index in [9.17, 15) is 9.59 Å². The molecule has 2 aromatic carbocycles. The fourth-order valence-electron chi connectivity index (χ4n) is 2.35. The van der Waals surface area contributed by atoms with Crippen molar-refractivity contribution in [2.45, 2.75) is 18.9 Å². The second kappa shape index (κ2) is 10.2. The van der Waals surface area contributed by atoms with Crippen molar-refractivity contribution in [1.29, 1.82) is 0 Å². The highest BCUT2D eigenvalue weighted by atomic mass is 35.5. The molecule has 1 atom stereocenters. The molecule has 0 aliphatic carbocycles. The smallest absolute Gasteiger partial charge is 0.320 e. The minimum absolute atomic E-state index is 0.112. The number of carboxylic acid groups (broad SMARTS) is 1. The van der Waals surface area contributed by atoms with Crippen LogP contribution in [0.2, 0.25) is 10.0 Å². The fourth-order valence-corrected chi connectivity index (χ4v) is 2.99. The molecule has 0 aromatic heterocycles. The Morgan fingerprint density at radius 1 is 1.15 bits per heavy atom. The Morgan fingerprint density at radius 2 is 1.78 bits per heavy atom. The largest absolute Gasteiger partial charge is 0.490 e. The molecule has 0 saturated carbocycles. The highest BCUT2D eigenvalue weighted by Crippen LogP contribution is 2.34. The molecule has 2 aromatic rings. The van der Waals surface area contributed by atoms with Gasteiger partial charge < -0.3 is 20.9 Å². The second-order valence-corrected chi connectivity index (χ2v) is 6.68. The molecule has 0 aliphatic rings. The molecule has 0 aliphatic heterocycles. The lowest BCUT2D eigenvalue weighted by atomic mass is 10.1. The third-order valence-electron chi connectivity index (χ3n) is 3.72. The van der Waals surface area contributed by atoms with Gasteiger partial charge in [0.05, 0.1) is 16.7 Å². The maximum absolute atomic E-state index is 11.9.